The minimum absolute atomic E-state index is 0.268. The molecular formula is C12H14FN3OS. The highest BCUT2D eigenvalue weighted by atomic mass is 32.1. The van der Waals surface area contributed by atoms with Crippen LogP contribution in [0.2, 0.25) is 0 Å². The van der Waals surface area contributed by atoms with Crippen molar-refractivity contribution in [3.8, 4) is 5.75 Å². The fourth-order valence-corrected chi connectivity index (χ4v) is 2.05. The summed E-state index contributed by atoms with van der Waals surface area (Å²) in [7, 11) is 0. The topological polar surface area (TPSA) is 47.0 Å². The lowest BCUT2D eigenvalue weighted by molar-refractivity contribution is 0.300. The number of anilines is 1. The average Bonchev–Trinajstić information content (AvgIpc) is 2.79. The van der Waals surface area contributed by atoms with Crippen LogP contribution in [-0.4, -0.2) is 16.1 Å². The minimum atomic E-state index is -0.268. The monoisotopic (exact) mass is 267 g/mol. The largest absolute Gasteiger partial charge is 0.487 e. The SMILES string of the molecule is CCNc1snnc1COc1ccc(C)c(F)c1. The molecule has 18 heavy (non-hydrogen) atoms. The molecule has 0 amide bonds. The van der Waals surface area contributed by atoms with Gasteiger partial charge in [-0.3, -0.25) is 0 Å². The number of hydrogen-bond acceptors (Lipinski definition) is 5. The van der Waals surface area contributed by atoms with Crippen LogP contribution in [0.1, 0.15) is 18.2 Å². The van der Waals surface area contributed by atoms with Gasteiger partial charge in [0.2, 0.25) is 0 Å². The van der Waals surface area contributed by atoms with E-state index in [9.17, 15) is 4.39 Å². The normalized spacial score (nSPS) is 10.4. The predicted octanol–water partition coefficient (Wildman–Crippen LogP) is 3.00. The predicted molar refractivity (Wildman–Crippen MR) is 69.5 cm³/mol. The fraction of sp³-hybridized carbons (Fsp3) is 0.333. The molecule has 0 radical (unpaired) electrons. The van der Waals surface area contributed by atoms with E-state index >= 15 is 0 Å². The molecular weight excluding hydrogens is 253 g/mol. The number of aryl methyl sites for hydroxylation is 1. The number of benzene rings is 1. The second kappa shape index (κ2) is 5.77. The van der Waals surface area contributed by atoms with Crippen molar-refractivity contribution in [3.05, 3.63) is 35.3 Å². The molecule has 6 heteroatoms. The quantitative estimate of drug-likeness (QED) is 0.904. The second-order valence-electron chi connectivity index (χ2n) is 3.78. The van der Waals surface area contributed by atoms with E-state index in [0.717, 1.165) is 17.2 Å². The van der Waals surface area contributed by atoms with Gasteiger partial charge in [0.25, 0.3) is 0 Å². The van der Waals surface area contributed by atoms with Gasteiger partial charge in [-0.1, -0.05) is 10.6 Å². The van der Waals surface area contributed by atoms with Crippen LogP contribution in [0.3, 0.4) is 0 Å². The first-order valence-corrected chi connectivity index (χ1v) is 6.42. The van der Waals surface area contributed by atoms with E-state index in [1.807, 2.05) is 6.92 Å². The molecule has 2 aromatic rings. The van der Waals surface area contributed by atoms with Crippen LogP contribution in [0.5, 0.6) is 5.75 Å². The molecule has 0 bridgehead atoms. The van der Waals surface area contributed by atoms with Gasteiger partial charge in [-0.2, -0.15) is 0 Å². The third kappa shape index (κ3) is 2.95. The van der Waals surface area contributed by atoms with Crippen molar-refractivity contribution in [2.45, 2.75) is 20.5 Å². The summed E-state index contributed by atoms with van der Waals surface area (Å²) in [6.45, 7) is 4.80. The van der Waals surface area contributed by atoms with Crippen molar-refractivity contribution < 1.29 is 9.13 Å². The molecule has 0 spiro atoms. The van der Waals surface area contributed by atoms with E-state index in [2.05, 4.69) is 14.9 Å². The molecule has 0 fully saturated rings. The smallest absolute Gasteiger partial charge is 0.136 e. The van der Waals surface area contributed by atoms with Crippen molar-refractivity contribution in [2.75, 3.05) is 11.9 Å². The Kier molecular flexibility index (Phi) is 4.09. The van der Waals surface area contributed by atoms with Crippen molar-refractivity contribution in [3.63, 3.8) is 0 Å². The first-order chi connectivity index (χ1) is 8.70. The van der Waals surface area contributed by atoms with Gasteiger partial charge < -0.3 is 10.1 Å². The summed E-state index contributed by atoms with van der Waals surface area (Å²) in [5.41, 5.74) is 1.34. The summed E-state index contributed by atoms with van der Waals surface area (Å²) in [5.74, 6) is 0.226. The number of nitrogens with one attached hydrogen (secondary N) is 1. The van der Waals surface area contributed by atoms with Gasteiger partial charge in [-0.15, -0.1) is 5.10 Å². The van der Waals surface area contributed by atoms with Crippen LogP contribution in [0, 0.1) is 12.7 Å². The zero-order valence-corrected chi connectivity index (χ0v) is 11.1. The van der Waals surface area contributed by atoms with Gasteiger partial charge in [-0.25, -0.2) is 4.39 Å². The lowest BCUT2D eigenvalue weighted by Gasteiger charge is -2.06. The molecule has 4 nitrogen and oxygen atoms in total. The highest BCUT2D eigenvalue weighted by Crippen LogP contribution is 2.21. The van der Waals surface area contributed by atoms with Gasteiger partial charge in [0.1, 0.15) is 28.9 Å². The van der Waals surface area contributed by atoms with E-state index < -0.39 is 0 Å². The van der Waals surface area contributed by atoms with E-state index in [-0.39, 0.29) is 12.4 Å². The summed E-state index contributed by atoms with van der Waals surface area (Å²) >= 11 is 1.29. The van der Waals surface area contributed by atoms with Gasteiger partial charge in [0.15, 0.2) is 0 Å². The molecule has 1 aromatic carbocycles. The molecule has 0 atom stereocenters. The summed E-state index contributed by atoms with van der Waals surface area (Å²) in [5, 5.41) is 8.02. The Morgan fingerprint density at radius 1 is 1.44 bits per heavy atom. The number of aromatic nitrogens is 2. The van der Waals surface area contributed by atoms with Crippen molar-refractivity contribution >= 4 is 16.5 Å². The molecule has 0 aliphatic rings. The van der Waals surface area contributed by atoms with Crippen LogP contribution in [0.4, 0.5) is 9.39 Å². The molecule has 1 N–H and O–H groups in total. The molecule has 0 saturated heterocycles. The molecule has 0 aliphatic heterocycles. The Hall–Kier alpha value is -1.69. The van der Waals surface area contributed by atoms with Crippen molar-refractivity contribution in [1.82, 2.24) is 9.59 Å². The lowest BCUT2D eigenvalue weighted by atomic mass is 10.2. The summed E-state index contributed by atoms with van der Waals surface area (Å²) in [6.07, 6.45) is 0. The van der Waals surface area contributed by atoms with Crippen LogP contribution in [0.25, 0.3) is 0 Å². The fourth-order valence-electron chi connectivity index (χ4n) is 1.41. The van der Waals surface area contributed by atoms with E-state index in [0.29, 0.717) is 11.3 Å². The Labute approximate surface area is 109 Å². The summed E-state index contributed by atoms with van der Waals surface area (Å²) in [6, 6.07) is 4.81. The summed E-state index contributed by atoms with van der Waals surface area (Å²) < 4.78 is 22.7. The number of nitrogens with zero attached hydrogens (tertiary/aromatic N) is 2. The van der Waals surface area contributed by atoms with Gasteiger partial charge in [0.05, 0.1) is 0 Å². The Balaban J connectivity index is 2.02. The van der Waals surface area contributed by atoms with Crippen molar-refractivity contribution in [1.29, 1.82) is 0 Å². The number of rotatable bonds is 5. The van der Waals surface area contributed by atoms with Crippen molar-refractivity contribution in [2.24, 2.45) is 0 Å². The average molecular weight is 267 g/mol. The van der Waals surface area contributed by atoms with E-state index in [4.69, 9.17) is 4.74 Å². The maximum Gasteiger partial charge on any atom is 0.136 e. The van der Waals surface area contributed by atoms with Gasteiger partial charge >= 0.3 is 0 Å². The zero-order chi connectivity index (χ0) is 13.0. The van der Waals surface area contributed by atoms with Crippen LogP contribution >= 0.6 is 11.5 Å². The van der Waals surface area contributed by atoms with E-state index in [1.165, 1.54) is 17.6 Å². The Morgan fingerprint density at radius 2 is 2.28 bits per heavy atom. The molecule has 0 unspecified atom stereocenters. The highest BCUT2D eigenvalue weighted by Gasteiger charge is 2.08. The Morgan fingerprint density at radius 3 is 3.00 bits per heavy atom. The third-order valence-electron chi connectivity index (χ3n) is 2.41. The maximum absolute atomic E-state index is 13.3. The van der Waals surface area contributed by atoms with Crippen LogP contribution < -0.4 is 10.1 Å². The number of ether oxygens (including phenoxy) is 1. The minimum Gasteiger partial charge on any atom is -0.487 e. The Bertz CT molecular complexity index is 530. The molecule has 0 aliphatic carbocycles. The summed E-state index contributed by atoms with van der Waals surface area (Å²) in [4.78, 5) is 0. The maximum atomic E-state index is 13.3. The second-order valence-corrected chi connectivity index (χ2v) is 4.53. The molecule has 1 heterocycles. The van der Waals surface area contributed by atoms with Crippen LogP contribution in [0.15, 0.2) is 18.2 Å². The van der Waals surface area contributed by atoms with Crippen LogP contribution in [-0.2, 0) is 6.61 Å². The third-order valence-corrected chi connectivity index (χ3v) is 3.14. The highest BCUT2D eigenvalue weighted by molar-refractivity contribution is 7.10. The molecule has 2 rings (SSSR count). The number of hydrogen-bond donors (Lipinski definition) is 1. The number of halogens is 1. The van der Waals surface area contributed by atoms with Gasteiger partial charge in [0, 0.05) is 24.1 Å². The molecule has 1 aromatic heterocycles. The molecule has 96 valence electrons. The zero-order valence-electron chi connectivity index (χ0n) is 10.2. The van der Waals surface area contributed by atoms with E-state index in [1.54, 1.807) is 19.1 Å². The standard InChI is InChI=1S/C12H14FN3OS/c1-3-14-12-11(15-16-18-12)7-17-9-5-4-8(2)10(13)6-9/h4-6,14H,3,7H2,1-2H3. The first kappa shape index (κ1) is 12.8. The molecule has 0 saturated carbocycles. The first-order valence-electron chi connectivity index (χ1n) is 5.64. The lowest BCUT2D eigenvalue weighted by Crippen LogP contribution is -2.02. The van der Waals surface area contributed by atoms with Gasteiger partial charge in [-0.05, 0) is 25.5 Å².